The van der Waals surface area contributed by atoms with Gasteiger partial charge in [0, 0.05) is 0 Å². The van der Waals surface area contributed by atoms with Crippen molar-refractivity contribution in [2.75, 3.05) is 7.11 Å². The van der Waals surface area contributed by atoms with Crippen LogP contribution in [-0.2, 0) is 4.79 Å². The monoisotopic (exact) mass is 167 g/mol. The molecule has 0 N–H and O–H groups in total. The Balaban J connectivity index is 3.28. The van der Waals surface area contributed by atoms with Gasteiger partial charge in [0.25, 0.3) is 0 Å². The Kier molecular flexibility index (Phi) is 2.56. The van der Waals surface area contributed by atoms with Crippen LogP contribution in [-0.4, -0.2) is 13.2 Å². The first-order valence-electron chi connectivity index (χ1n) is 3.20. The van der Waals surface area contributed by atoms with Crippen LogP contribution in [0.5, 0.6) is 5.75 Å². The van der Waals surface area contributed by atoms with Gasteiger partial charge in [0.2, 0.25) is 6.08 Å². The minimum atomic E-state index is -0.599. The molecular formula is C8H6FNO2. The second-order valence-corrected chi connectivity index (χ2v) is 1.99. The molecule has 4 heteroatoms. The molecule has 0 amide bonds. The molecule has 1 aromatic rings. The fourth-order valence-electron chi connectivity index (χ4n) is 0.814. The Morgan fingerprint density at radius 3 is 2.92 bits per heavy atom. The molecule has 1 rings (SSSR count). The van der Waals surface area contributed by atoms with Gasteiger partial charge in [-0.05, 0) is 12.1 Å². The van der Waals surface area contributed by atoms with E-state index in [1.807, 2.05) is 0 Å². The van der Waals surface area contributed by atoms with Crippen LogP contribution in [0.25, 0.3) is 0 Å². The van der Waals surface area contributed by atoms with Crippen molar-refractivity contribution in [2.45, 2.75) is 0 Å². The van der Waals surface area contributed by atoms with Crippen molar-refractivity contribution in [3.05, 3.63) is 24.0 Å². The molecule has 0 aliphatic rings. The summed E-state index contributed by atoms with van der Waals surface area (Å²) in [5, 5.41) is 0. The van der Waals surface area contributed by atoms with Crippen LogP contribution < -0.4 is 4.74 Å². The summed E-state index contributed by atoms with van der Waals surface area (Å²) in [6, 6.07) is 4.18. The van der Waals surface area contributed by atoms with Crippen LogP contribution in [0, 0.1) is 5.82 Å². The molecule has 0 fully saturated rings. The molecule has 0 bridgehead atoms. The number of hydrogen-bond acceptors (Lipinski definition) is 3. The average Bonchev–Trinajstić information content (AvgIpc) is 2.09. The highest BCUT2D eigenvalue weighted by atomic mass is 19.1. The zero-order chi connectivity index (χ0) is 8.97. The first-order valence-corrected chi connectivity index (χ1v) is 3.20. The lowest BCUT2D eigenvalue weighted by molar-refractivity contribution is 0.413. The molecular weight excluding hydrogens is 161 g/mol. The number of ether oxygens (including phenoxy) is 1. The molecule has 0 radical (unpaired) electrons. The van der Waals surface area contributed by atoms with E-state index in [1.54, 1.807) is 0 Å². The molecule has 12 heavy (non-hydrogen) atoms. The fourth-order valence-corrected chi connectivity index (χ4v) is 0.814. The van der Waals surface area contributed by atoms with Gasteiger partial charge in [0.15, 0.2) is 11.5 Å². The second-order valence-electron chi connectivity index (χ2n) is 1.99. The molecule has 0 aromatic heterocycles. The zero-order valence-electron chi connectivity index (χ0n) is 6.37. The van der Waals surface area contributed by atoms with E-state index in [9.17, 15) is 9.18 Å². The van der Waals surface area contributed by atoms with Crippen molar-refractivity contribution in [1.29, 1.82) is 0 Å². The summed E-state index contributed by atoms with van der Waals surface area (Å²) in [6.07, 6.45) is 1.25. The highest BCUT2D eigenvalue weighted by Crippen LogP contribution is 2.29. The number of isocyanates is 1. The van der Waals surface area contributed by atoms with Gasteiger partial charge in [-0.1, -0.05) is 6.07 Å². The first kappa shape index (κ1) is 8.43. The molecule has 0 atom stereocenters. The van der Waals surface area contributed by atoms with Crippen molar-refractivity contribution in [2.24, 2.45) is 4.99 Å². The largest absolute Gasteiger partial charge is 0.494 e. The Morgan fingerprint density at radius 1 is 1.58 bits per heavy atom. The minimum Gasteiger partial charge on any atom is -0.494 e. The average molecular weight is 167 g/mol. The van der Waals surface area contributed by atoms with Crippen molar-refractivity contribution >= 4 is 11.8 Å². The summed E-state index contributed by atoms with van der Waals surface area (Å²) in [6.45, 7) is 0. The Hall–Kier alpha value is -1.67. The third kappa shape index (κ3) is 1.49. The van der Waals surface area contributed by atoms with Gasteiger partial charge in [-0.2, -0.15) is 4.99 Å². The summed E-state index contributed by atoms with van der Waals surface area (Å²) >= 11 is 0. The number of carbonyl (C=O) groups excluding carboxylic acids is 1. The van der Waals surface area contributed by atoms with Crippen LogP contribution in [0.2, 0.25) is 0 Å². The quantitative estimate of drug-likeness (QED) is 0.497. The molecule has 62 valence electrons. The third-order valence-corrected chi connectivity index (χ3v) is 1.33. The predicted molar refractivity (Wildman–Crippen MR) is 40.7 cm³/mol. The third-order valence-electron chi connectivity index (χ3n) is 1.33. The summed E-state index contributed by atoms with van der Waals surface area (Å²) in [4.78, 5) is 13.1. The van der Waals surface area contributed by atoms with Crippen molar-refractivity contribution in [3.8, 4) is 5.75 Å². The highest BCUT2D eigenvalue weighted by Gasteiger charge is 2.06. The van der Waals surface area contributed by atoms with E-state index in [4.69, 9.17) is 4.74 Å². The smallest absolute Gasteiger partial charge is 0.240 e. The molecule has 0 unspecified atom stereocenters. The number of methoxy groups -OCH3 is 1. The number of rotatable bonds is 2. The van der Waals surface area contributed by atoms with Gasteiger partial charge in [0.05, 0.1) is 7.11 Å². The van der Waals surface area contributed by atoms with E-state index < -0.39 is 5.82 Å². The first-order chi connectivity index (χ1) is 5.79. The Bertz CT molecular complexity index is 332. The lowest BCUT2D eigenvalue weighted by Crippen LogP contribution is -1.85. The molecule has 0 aliphatic heterocycles. The van der Waals surface area contributed by atoms with Gasteiger partial charge >= 0.3 is 0 Å². The van der Waals surface area contributed by atoms with E-state index in [-0.39, 0.29) is 11.4 Å². The number of aliphatic imine (C=N–C) groups is 1. The Labute approximate surface area is 68.5 Å². The molecule has 0 saturated carbocycles. The maximum Gasteiger partial charge on any atom is 0.240 e. The standard InChI is InChI=1S/C8H6FNO2/c1-12-7-4-2-3-6(9)8(7)10-5-11/h2-4H,1H3. The van der Waals surface area contributed by atoms with Crippen molar-refractivity contribution in [1.82, 2.24) is 0 Å². The molecule has 1 aromatic carbocycles. The minimum absolute atomic E-state index is 0.116. The maximum absolute atomic E-state index is 12.9. The molecule has 0 saturated heterocycles. The van der Waals surface area contributed by atoms with Gasteiger partial charge in [-0.15, -0.1) is 0 Å². The summed E-state index contributed by atoms with van der Waals surface area (Å²) in [7, 11) is 1.37. The lowest BCUT2D eigenvalue weighted by atomic mass is 10.3. The Morgan fingerprint density at radius 2 is 2.33 bits per heavy atom. The van der Waals surface area contributed by atoms with Crippen LogP contribution in [0.3, 0.4) is 0 Å². The van der Waals surface area contributed by atoms with Gasteiger partial charge in [-0.3, -0.25) is 0 Å². The van der Waals surface area contributed by atoms with Crippen LogP contribution >= 0.6 is 0 Å². The van der Waals surface area contributed by atoms with E-state index in [0.717, 1.165) is 0 Å². The number of halogens is 1. The highest BCUT2D eigenvalue weighted by molar-refractivity contribution is 5.58. The van der Waals surface area contributed by atoms with Gasteiger partial charge in [-0.25, -0.2) is 9.18 Å². The van der Waals surface area contributed by atoms with E-state index in [0.29, 0.717) is 0 Å². The topological polar surface area (TPSA) is 38.7 Å². The fraction of sp³-hybridized carbons (Fsp3) is 0.125. The number of hydrogen-bond donors (Lipinski definition) is 0. The van der Waals surface area contributed by atoms with Crippen molar-refractivity contribution in [3.63, 3.8) is 0 Å². The molecule has 3 nitrogen and oxygen atoms in total. The van der Waals surface area contributed by atoms with E-state index in [1.165, 1.54) is 31.4 Å². The van der Waals surface area contributed by atoms with Crippen molar-refractivity contribution < 1.29 is 13.9 Å². The number of nitrogens with zero attached hydrogens (tertiary/aromatic N) is 1. The predicted octanol–water partition coefficient (Wildman–Crippen LogP) is 1.80. The van der Waals surface area contributed by atoms with E-state index in [2.05, 4.69) is 4.99 Å². The van der Waals surface area contributed by atoms with Crippen LogP contribution in [0.1, 0.15) is 0 Å². The maximum atomic E-state index is 12.9. The SMILES string of the molecule is COc1cccc(F)c1N=C=O. The normalized spacial score (nSPS) is 8.83. The number of para-hydroxylation sites is 1. The summed E-state index contributed by atoms with van der Waals surface area (Å²) in [5.41, 5.74) is -0.116. The lowest BCUT2D eigenvalue weighted by Gasteiger charge is -2.01. The van der Waals surface area contributed by atoms with Gasteiger partial charge < -0.3 is 4.74 Å². The van der Waals surface area contributed by atoms with Crippen LogP contribution in [0.15, 0.2) is 23.2 Å². The van der Waals surface area contributed by atoms with E-state index >= 15 is 0 Å². The zero-order valence-corrected chi connectivity index (χ0v) is 6.37. The number of benzene rings is 1. The van der Waals surface area contributed by atoms with Gasteiger partial charge in [0.1, 0.15) is 5.75 Å². The summed E-state index contributed by atoms with van der Waals surface area (Å²) < 4.78 is 17.6. The summed E-state index contributed by atoms with van der Waals surface area (Å²) in [5.74, 6) is -0.379. The second kappa shape index (κ2) is 3.64. The molecule has 0 spiro atoms. The van der Waals surface area contributed by atoms with Crippen LogP contribution in [0.4, 0.5) is 10.1 Å². The molecule has 0 heterocycles. The molecule has 0 aliphatic carbocycles.